The Kier molecular flexibility index (Phi) is 5.06. The Labute approximate surface area is 130 Å². The molecule has 2 aromatic rings. The van der Waals surface area contributed by atoms with Crippen molar-refractivity contribution < 1.29 is 19.7 Å². The Bertz CT molecular complexity index is 590. The Hall–Kier alpha value is -2.04. The summed E-state index contributed by atoms with van der Waals surface area (Å²) in [5.74, 6) is 1.37. The molecule has 0 bridgehead atoms. The van der Waals surface area contributed by atoms with Crippen LogP contribution in [0, 0.1) is 0 Å². The number of benzene rings is 2. The smallest absolute Gasteiger partial charge is 0.126 e. The summed E-state index contributed by atoms with van der Waals surface area (Å²) in [6.07, 6.45) is -1.15. The van der Waals surface area contributed by atoms with Crippen molar-refractivity contribution in [2.75, 3.05) is 14.2 Å². The molecule has 0 amide bonds. The van der Waals surface area contributed by atoms with Crippen molar-refractivity contribution in [3.63, 3.8) is 0 Å². The number of hydrogen-bond acceptors (Lipinski definition) is 4. The second-order valence-electron chi connectivity index (χ2n) is 5.27. The molecule has 2 aromatic carbocycles. The van der Waals surface area contributed by atoms with E-state index in [0.717, 1.165) is 22.3 Å². The summed E-state index contributed by atoms with van der Waals surface area (Å²) in [6.45, 7) is 3.43. The van der Waals surface area contributed by atoms with Gasteiger partial charge >= 0.3 is 0 Å². The van der Waals surface area contributed by atoms with Crippen molar-refractivity contribution in [3.8, 4) is 22.6 Å². The zero-order valence-electron chi connectivity index (χ0n) is 13.3. The zero-order chi connectivity index (χ0) is 16.3. The van der Waals surface area contributed by atoms with Crippen LogP contribution in [0.1, 0.15) is 37.2 Å². The molecule has 0 saturated heterocycles. The molecule has 0 aliphatic heterocycles. The summed E-state index contributed by atoms with van der Waals surface area (Å²) >= 11 is 0. The van der Waals surface area contributed by atoms with Crippen molar-refractivity contribution in [2.45, 2.75) is 26.1 Å². The molecular formula is C18H22O4. The minimum absolute atomic E-state index is 0.574. The number of methoxy groups -OCH3 is 2. The summed E-state index contributed by atoms with van der Waals surface area (Å²) in [5.41, 5.74) is 3.22. The Morgan fingerprint density at radius 2 is 1.09 bits per heavy atom. The SMILES string of the molecule is COc1ccc([C@H](C)O)cc1-c1cc([C@H](C)O)ccc1OC. The number of ether oxygens (including phenoxy) is 2. The first kappa shape index (κ1) is 16.3. The zero-order valence-corrected chi connectivity index (χ0v) is 13.3. The fourth-order valence-electron chi connectivity index (χ4n) is 2.39. The molecule has 2 rings (SSSR count). The van der Waals surface area contributed by atoms with Gasteiger partial charge < -0.3 is 19.7 Å². The molecule has 2 atom stereocenters. The van der Waals surface area contributed by atoms with Gasteiger partial charge in [0.2, 0.25) is 0 Å². The molecule has 0 unspecified atom stereocenters. The molecule has 118 valence electrons. The molecule has 4 heteroatoms. The van der Waals surface area contributed by atoms with E-state index in [4.69, 9.17) is 9.47 Å². The highest BCUT2D eigenvalue weighted by atomic mass is 16.5. The minimum Gasteiger partial charge on any atom is -0.496 e. The van der Waals surface area contributed by atoms with Crippen LogP contribution in [0.3, 0.4) is 0 Å². The molecule has 4 nitrogen and oxygen atoms in total. The third kappa shape index (κ3) is 3.24. The fourth-order valence-corrected chi connectivity index (χ4v) is 2.39. The van der Waals surface area contributed by atoms with Gasteiger partial charge in [-0.1, -0.05) is 12.1 Å². The highest BCUT2D eigenvalue weighted by molar-refractivity contribution is 5.77. The molecule has 0 aromatic heterocycles. The van der Waals surface area contributed by atoms with Crippen molar-refractivity contribution in [1.29, 1.82) is 0 Å². The first-order chi connectivity index (χ1) is 10.5. The van der Waals surface area contributed by atoms with Crippen LogP contribution < -0.4 is 9.47 Å². The van der Waals surface area contributed by atoms with Crippen LogP contribution in [0.5, 0.6) is 11.5 Å². The number of aliphatic hydroxyl groups is 2. The van der Waals surface area contributed by atoms with Crippen molar-refractivity contribution >= 4 is 0 Å². The normalized spacial score (nSPS) is 13.5. The second-order valence-corrected chi connectivity index (χ2v) is 5.27. The van der Waals surface area contributed by atoms with Crippen molar-refractivity contribution in [3.05, 3.63) is 47.5 Å². The predicted octanol–water partition coefficient (Wildman–Crippen LogP) is 3.48. The third-order valence-electron chi connectivity index (χ3n) is 3.70. The maximum absolute atomic E-state index is 9.82. The van der Waals surface area contributed by atoms with Crippen LogP contribution in [-0.2, 0) is 0 Å². The third-order valence-corrected chi connectivity index (χ3v) is 3.70. The van der Waals surface area contributed by atoms with Crippen molar-refractivity contribution in [1.82, 2.24) is 0 Å². The first-order valence-electron chi connectivity index (χ1n) is 7.20. The van der Waals surface area contributed by atoms with E-state index in [0.29, 0.717) is 11.5 Å². The van der Waals surface area contributed by atoms with Gasteiger partial charge in [0.05, 0.1) is 26.4 Å². The number of aliphatic hydroxyl groups excluding tert-OH is 2. The lowest BCUT2D eigenvalue weighted by atomic mass is 9.96. The Morgan fingerprint density at radius 1 is 0.727 bits per heavy atom. The molecule has 0 heterocycles. The summed E-state index contributed by atoms with van der Waals surface area (Å²) in [5, 5.41) is 19.6. The largest absolute Gasteiger partial charge is 0.496 e. The molecule has 0 aliphatic rings. The second kappa shape index (κ2) is 6.81. The van der Waals surface area contributed by atoms with Gasteiger partial charge in [-0.3, -0.25) is 0 Å². The van der Waals surface area contributed by atoms with Gasteiger partial charge in [0.25, 0.3) is 0 Å². The molecule has 22 heavy (non-hydrogen) atoms. The molecule has 2 N–H and O–H groups in total. The molecule has 0 saturated carbocycles. The monoisotopic (exact) mass is 302 g/mol. The molecular weight excluding hydrogens is 280 g/mol. The van der Waals surface area contributed by atoms with Crippen LogP contribution >= 0.6 is 0 Å². The van der Waals surface area contributed by atoms with Gasteiger partial charge in [0.15, 0.2) is 0 Å². The van der Waals surface area contributed by atoms with E-state index >= 15 is 0 Å². The molecule has 0 aliphatic carbocycles. The van der Waals surface area contributed by atoms with Crippen LogP contribution in [0.4, 0.5) is 0 Å². The molecule has 0 spiro atoms. The summed E-state index contributed by atoms with van der Waals surface area (Å²) in [6, 6.07) is 11.1. The van der Waals surface area contributed by atoms with Gasteiger partial charge in [-0.2, -0.15) is 0 Å². The van der Waals surface area contributed by atoms with Crippen LogP contribution in [0.25, 0.3) is 11.1 Å². The van der Waals surface area contributed by atoms with Crippen LogP contribution in [0.15, 0.2) is 36.4 Å². The summed E-state index contributed by atoms with van der Waals surface area (Å²) in [4.78, 5) is 0. The van der Waals surface area contributed by atoms with Gasteiger partial charge in [-0.05, 0) is 49.2 Å². The van der Waals surface area contributed by atoms with E-state index in [1.54, 1.807) is 28.1 Å². The predicted molar refractivity (Wildman–Crippen MR) is 86.2 cm³/mol. The fraction of sp³-hybridized carbons (Fsp3) is 0.333. The van der Waals surface area contributed by atoms with Gasteiger partial charge in [0, 0.05) is 11.1 Å². The first-order valence-corrected chi connectivity index (χ1v) is 7.20. The van der Waals surface area contributed by atoms with Gasteiger partial charge in [-0.15, -0.1) is 0 Å². The average molecular weight is 302 g/mol. The quantitative estimate of drug-likeness (QED) is 0.888. The average Bonchev–Trinajstić information content (AvgIpc) is 2.53. The van der Waals surface area contributed by atoms with E-state index < -0.39 is 12.2 Å². The lowest BCUT2D eigenvalue weighted by molar-refractivity contribution is 0.198. The highest BCUT2D eigenvalue weighted by Gasteiger charge is 2.15. The number of hydrogen-bond donors (Lipinski definition) is 2. The van der Waals surface area contributed by atoms with E-state index in [1.807, 2.05) is 36.4 Å². The maximum Gasteiger partial charge on any atom is 0.126 e. The molecule has 0 radical (unpaired) electrons. The van der Waals surface area contributed by atoms with Gasteiger partial charge in [0.1, 0.15) is 11.5 Å². The van der Waals surface area contributed by atoms with Crippen LogP contribution in [0.2, 0.25) is 0 Å². The maximum atomic E-state index is 9.82. The minimum atomic E-state index is -0.574. The van der Waals surface area contributed by atoms with Crippen molar-refractivity contribution in [2.24, 2.45) is 0 Å². The Morgan fingerprint density at radius 3 is 1.36 bits per heavy atom. The van der Waals surface area contributed by atoms with E-state index in [-0.39, 0.29) is 0 Å². The Balaban J connectivity index is 2.67. The topological polar surface area (TPSA) is 58.9 Å². The number of rotatable bonds is 5. The summed E-state index contributed by atoms with van der Waals surface area (Å²) < 4.78 is 10.9. The van der Waals surface area contributed by atoms with E-state index in [2.05, 4.69) is 0 Å². The highest BCUT2D eigenvalue weighted by Crippen LogP contribution is 2.39. The van der Waals surface area contributed by atoms with Gasteiger partial charge in [-0.25, -0.2) is 0 Å². The lowest BCUT2D eigenvalue weighted by Crippen LogP contribution is -1.98. The van der Waals surface area contributed by atoms with E-state index in [9.17, 15) is 10.2 Å². The van der Waals surface area contributed by atoms with Crippen LogP contribution in [-0.4, -0.2) is 24.4 Å². The standard InChI is InChI=1S/C18H22O4/c1-11(19)13-5-7-17(21-3)15(9-13)16-10-14(12(2)20)6-8-18(16)22-4/h5-12,19-20H,1-4H3/t11-,12-/m0/s1. The van der Waals surface area contributed by atoms with E-state index in [1.165, 1.54) is 0 Å². The summed E-state index contributed by atoms with van der Waals surface area (Å²) in [7, 11) is 3.21. The molecule has 0 fully saturated rings. The lowest BCUT2D eigenvalue weighted by Gasteiger charge is -2.17.